The first-order chi connectivity index (χ1) is 10.5. The van der Waals surface area contributed by atoms with Gasteiger partial charge in [-0.25, -0.2) is 0 Å². The van der Waals surface area contributed by atoms with Crippen molar-refractivity contribution >= 4 is 22.2 Å². The normalized spacial score (nSPS) is 11.3. The highest BCUT2D eigenvalue weighted by molar-refractivity contribution is 6.83. The molecule has 0 fully saturated rings. The van der Waals surface area contributed by atoms with Gasteiger partial charge in [-0.15, -0.1) is 5.54 Å². The van der Waals surface area contributed by atoms with Crippen molar-refractivity contribution in [1.29, 1.82) is 0 Å². The Morgan fingerprint density at radius 3 is 1.91 bits per heavy atom. The number of hydrogen-bond acceptors (Lipinski definition) is 3. The Hall–Kier alpha value is -1.65. The Morgan fingerprint density at radius 1 is 0.957 bits per heavy atom. The van der Waals surface area contributed by atoms with Crippen LogP contribution in [0.25, 0.3) is 5.76 Å². The fourth-order valence-corrected chi connectivity index (χ4v) is 3.25. The summed E-state index contributed by atoms with van der Waals surface area (Å²) >= 11 is 0. The van der Waals surface area contributed by atoms with Gasteiger partial charge in [-0.1, -0.05) is 32.1 Å². The van der Waals surface area contributed by atoms with Gasteiger partial charge in [-0.2, -0.15) is 0 Å². The van der Waals surface area contributed by atoms with Crippen LogP contribution in [0.4, 0.5) is 0 Å². The molecule has 0 unspecified atom stereocenters. The minimum absolute atomic E-state index is 0.644. The standard InChI is InChI=1S/C18H28O3Si2/c1-14(21-23(7,8)9)16-13-18(20-3)17(19-2)12-15(16)10-11-22(4,5)6/h12-13H,1H2,2-9H3. The smallest absolute Gasteiger partial charge is 0.242 e. The van der Waals surface area contributed by atoms with Gasteiger partial charge in [0.05, 0.1) is 14.2 Å². The van der Waals surface area contributed by atoms with Gasteiger partial charge in [0.1, 0.15) is 13.8 Å². The highest BCUT2D eigenvalue weighted by atomic mass is 28.4. The molecule has 0 radical (unpaired) electrons. The summed E-state index contributed by atoms with van der Waals surface area (Å²) in [7, 11) is 0.0126. The molecule has 0 atom stereocenters. The molecule has 0 saturated heterocycles. The first-order valence-corrected chi connectivity index (χ1v) is 14.5. The summed E-state index contributed by atoms with van der Waals surface area (Å²) in [6.07, 6.45) is 0. The van der Waals surface area contributed by atoms with Crippen molar-refractivity contribution in [1.82, 2.24) is 0 Å². The minimum Gasteiger partial charge on any atom is -0.544 e. The van der Waals surface area contributed by atoms with E-state index in [0.717, 1.165) is 11.1 Å². The first kappa shape index (κ1) is 19.4. The second-order valence-corrected chi connectivity index (χ2v) is 16.6. The Balaban J connectivity index is 3.45. The van der Waals surface area contributed by atoms with Crippen LogP contribution in [-0.2, 0) is 4.43 Å². The molecule has 5 heteroatoms. The molecule has 1 aromatic carbocycles. The molecule has 3 nitrogen and oxygen atoms in total. The zero-order valence-corrected chi connectivity index (χ0v) is 17.6. The molecule has 1 aromatic rings. The van der Waals surface area contributed by atoms with Gasteiger partial charge in [0.2, 0.25) is 8.32 Å². The molecule has 0 spiro atoms. The fraction of sp³-hybridized carbons (Fsp3) is 0.444. The van der Waals surface area contributed by atoms with E-state index in [1.807, 2.05) is 12.1 Å². The molecule has 0 aromatic heterocycles. The van der Waals surface area contributed by atoms with E-state index in [1.165, 1.54) is 0 Å². The van der Waals surface area contributed by atoms with Crippen LogP contribution in [0.5, 0.6) is 11.5 Å². The van der Waals surface area contributed by atoms with E-state index >= 15 is 0 Å². The van der Waals surface area contributed by atoms with Crippen molar-refractivity contribution in [3.05, 3.63) is 29.8 Å². The fourth-order valence-electron chi connectivity index (χ4n) is 1.89. The predicted octanol–water partition coefficient (Wildman–Crippen LogP) is 4.75. The van der Waals surface area contributed by atoms with Gasteiger partial charge in [-0.3, -0.25) is 0 Å². The lowest BCUT2D eigenvalue weighted by Gasteiger charge is -2.22. The second kappa shape index (κ2) is 7.28. The molecule has 0 aliphatic carbocycles. The average molecular weight is 349 g/mol. The van der Waals surface area contributed by atoms with Crippen molar-refractivity contribution in [2.75, 3.05) is 14.2 Å². The molecule has 1 rings (SSSR count). The highest BCUT2D eigenvalue weighted by Crippen LogP contribution is 2.34. The minimum atomic E-state index is -1.75. The van der Waals surface area contributed by atoms with E-state index in [-0.39, 0.29) is 0 Å². The molecular formula is C18H28O3Si2. The van der Waals surface area contributed by atoms with Gasteiger partial charge in [0.25, 0.3) is 0 Å². The predicted molar refractivity (Wildman–Crippen MR) is 103 cm³/mol. The maximum atomic E-state index is 6.06. The lowest BCUT2D eigenvalue weighted by molar-refractivity contribution is 0.354. The summed E-state index contributed by atoms with van der Waals surface area (Å²) in [5.74, 6) is 5.26. The van der Waals surface area contributed by atoms with Crippen LogP contribution in [-0.4, -0.2) is 30.6 Å². The number of rotatable bonds is 5. The van der Waals surface area contributed by atoms with Gasteiger partial charge < -0.3 is 13.9 Å². The molecule has 126 valence electrons. The Bertz CT molecular complexity index is 641. The SMILES string of the molecule is C=C(O[Si](C)(C)C)c1cc(OC)c(OC)cc1C#C[Si](C)(C)C. The summed E-state index contributed by atoms with van der Waals surface area (Å²) < 4.78 is 16.9. The van der Waals surface area contributed by atoms with E-state index in [2.05, 4.69) is 57.3 Å². The second-order valence-electron chi connectivity index (χ2n) is 7.39. The summed E-state index contributed by atoms with van der Waals surface area (Å²) in [6, 6.07) is 3.80. The number of ether oxygens (including phenoxy) is 2. The first-order valence-electron chi connectivity index (χ1n) is 7.64. The van der Waals surface area contributed by atoms with Crippen LogP contribution >= 0.6 is 0 Å². The van der Waals surface area contributed by atoms with Crippen molar-refractivity contribution < 1.29 is 13.9 Å². The maximum Gasteiger partial charge on any atom is 0.242 e. The quantitative estimate of drug-likeness (QED) is 0.436. The highest BCUT2D eigenvalue weighted by Gasteiger charge is 2.20. The molecule has 0 bridgehead atoms. The summed E-state index contributed by atoms with van der Waals surface area (Å²) in [5.41, 5.74) is 5.13. The van der Waals surface area contributed by atoms with Gasteiger partial charge in [0.15, 0.2) is 11.5 Å². The number of benzene rings is 1. The van der Waals surface area contributed by atoms with Crippen molar-refractivity contribution in [2.45, 2.75) is 39.3 Å². The zero-order valence-electron chi connectivity index (χ0n) is 15.6. The van der Waals surface area contributed by atoms with Crippen LogP contribution in [0, 0.1) is 11.5 Å². The van der Waals surface area contributed by atoms with E-state index < -0.39 is 16.4 Å². The van der Waals surface area contributed by atoms with Crippen LogP contribution in [0.3, 0.4) is 0 Å². The summed E-state index contributed by atoms with van der Waals surface area (Å²) in [4.78, 5) is 0. The maximum absolute atomic E-state index is 6.06. The lowest BCUT2D eigenvalue weighted by atomic mass is 10.1. The van der Waals surface area contributed by atoms with Crippen molar-refractivity contribution in [3.8, 4) is 23.0 Å². The van der Waals surface area contributed by atoms with Gasteiger partial charge in [-0.05, 0) is 25.7 Å². The van der Waals surface area contributed by atoms with Crippen LogP contribution < -0.4 is 9.47 Å². The zero-order chi connectivity index (χ0) is 17.8. The molecular weight excluding hydrogens is 320 g/mol. The Kier molecular flexibility index (Phi) is 6.14. The average Bonchev–Trinajstić information content (AvgIpc) is 2.41. The lowest BCUT2D eigenvalue weighted by Crippen LogP contribution is -2.24. The third-order valence-electron chi connectivity index (χ3n) is 2.83. The molecule has 23 heavy (non-hydrogen) atoms. The molecule has 0 saturated carbocycles. The van der Waals surface area contributed by atoms with Crippen molar-refractivity contribution in [2.24, 2.45) is 0 Å². The molecule has 0 heterocycles. The topological polar surface area (TPSA) is 27.7 Å². The van der Waals surface area contributed by atoms with E-state index in [4.69, 9.17) is 13.9 Å². The van der Waals surface area contributed by atoms with E-state index in [0.29, 0.717) is 17.3 Å². The number of methoxy groups -OCH3 is 2. The Labute approximate surface area is 142 Å². The van der Waals surface area contributed by atoms with Gasteiger partial charge >= 0.3 is 0 Å². The molecule has 0 amide bonds. The third kappa shape index (κ3) is 6.16. The third-order valence-corrected chi connectivity index (χ3v) is 4.56. The van der Waals surface area contributed by atoms with Crippen LogP contribution in [0.1, 0.15) is 11.1 Å². The van der Waals surface area contributed by atoms with Crippen molar-refractivity contribution in [3.63, 3.8) is 0 Å². The van der Waals surface area contributed by atoms with Gasteiger partial charge in [0, 0.05) is 17.2 Å². The summed E-state index contributed by atoms with van der Waals surface area (Å²) in [5, 5.41) is 0. The monoisotopic (exact) mass is 348 g/mol. The molecule has 0 aliphatic rings. The Morgan fingerprint density at radius 2 is 1.48 bits per heavy atom. The molecule has 0 aliphatic heterocycles. The number of hydrogen-bond donors (Lipinski definition) is 0. The largest absolute Gasteiger partial charge is 0.544 e. The molecule has 0 N–H and O–H groups in total. The van der Waals surface area contributed by atoms with Crippen LogP contribution in [0.2, 0.25) is 39.3 Å². The van der Waals surface area contributed by atoms with Crippen LogP contribution in [0.15, 0.2) is 18.7 Å². The van der Waals surface area contributed by atoms with E-state index in [9.17, 15) is 0 Å². The van der Waals surface area contributed by atoms with E-state index in [1.54, 1.807) is 14.2 Å². The summed E-state index contributed by atoms with van der Waals surface area (Å²) in [6.45, 7) is 17.1.